The van der Waals surface area contributed by atoms with E-state index in [-0.39, 0.29) is 5.82 Å². The Labute approximate surface area is 135 Å². The Bertz CT molecular complexity index is 709. The highest BCUT2D eigenvalue weighted by Gasteiger charge is 2.35. The maximum atomic E-state index is 14.3. The molecule has 4 nitrogen and oxygen atoms in total. The van der Waals surface area contributed by atoms with E-state index in [0.717, 1.165) is 23.9 Å². The van der Waals surface area contributed by atoms with Crippen LogP contribution in [0.4, 0.5) is 4.39 Å². The lowest BCUT2D eigenvalue weighted by atomic mass is 10.0. The number of pyridine rings is 2. The van der Waals surface area contributed by atoms with Crippen molar-refractivity contribution in [3.63, 3.8) is 0 Å². The Morgan fingerprint density at radius 1 is 1.26 bits per heavy atom. The third-order valence-electron chi connectivity index (χ3n) is 5.43. The first-order valence-corrected chi connectivity index (χ1v) is 8.45. The fraction of sp³-hybridized carbons (Fsp3) is 0.556. The molecule has 0 bridgehead atoms. The summed E-state index contributed by atoms with van der Waals surface area (Å²) in [4.78, 5) is 11.0. The van der Waals surface area contributed by atoms with Gasteiger partial charge in [-0.2, -0.15) is 0 Å². The van der Waals surface area contributed by atoms with Crippen LogP contribution in [0.3, 0.4) is 0 Å². The number of ether oxygens (including phenoxy) is 1. The largest absolute Gasteiger partial charge is 0.481 e. The summed E-state index contributed by atoms with van der Waals surface area (Å²) in [6.45, 7) is 3.24. The quantitative estimate of drug-likeness (QED) is 0.869. The molecule has 0 spiro atoms. The van der Waals surface area contributed by atoms with E-state index in [0.29, 0.717) is 23.4 Å². The molecule has 2 unspecified atom stereocenters. The van der Waals surface area contributed by atoms with Gasteiger partial charge in [-0.05, 0) is 37.2 Å². The van der Waals surface area contributed by atoms with E-state index in [2.05, 4.69) is 14.9 Å². The van der Waals surface area contributed by atoms with Crippen LogP contribution in [0.25, 0.3) is 11.0 Å². The van der Waals surface area contributed by atoms with Gasteiger partial charge in [-0.1, -0.05) is 6.42 Å². The van der Waals surface area contributed by atoms with Crippen LogP contribution in [0, 0.1) is 17.7 Å². The SMILES string of the molecule is COc1ccc2ncc(F)c(CCN3CC4CCCC4C3)c2n1. The second-order valence-corrected chi connectivity index (χ2v) is 6.77. The van der Waals surface area contributed by atoms with Crippen molar-refractivity contribution in [2.24, 2.45) is 11.8 Å². The average Bonchev–Trinajstić information content (AvgIpc) is 3.14. The molecule has 2 aromatic heterocycles. The van der Waals surface area contributed by atoms with Crippen LogP contribution in [0.1, 0.15) is 24.8 Å². The summed E-state index contributed by atoms with van der Waals surface area (Å²) < 4.78 is 19.5. The zero-order chi connectivity index (χ0) is 15.8. The number of nitrogens with zero attached hydrogens (tertiary/aromatic N) is 3. The van der Waals surface area contributed by atoms with Gasteiger partial charge in [0.2, 0.25) is 5.88 Å². The summed E-state index contributed by atoms with van der Waals surface area (Å²) in [7, 11) is 1.57. The van der Waals surface area contributed by atoms with Crippen LogP contribution in [0.2, 0.25) is 0 Å². The summed E-state index contributed by atoms with van der Waals surface area (Å²) in [5.41, 5.74) is 2.01. The molecule has 0 N–H and O–H groups in total. The highest BCUT2D eigenvalue weighted by atomic mass is 19.1. The monoisotopic (exact) mass is 315 g/mol. The molecular formula is C18H22FN3O. The van der Waals surface area contributed by atoms with Gasteiger partial charge in [0.05, 0.1) is 24.3 Å². The van der Waals surface area contributed by atoms with Gasteiger partial charge in [0, 0.05) is 31.3 Å². The molecule has 1 saturated carbocycles. The minimum atomic E-state index is -0.266. The van der Waals surface area contributed by atoms with Gasteiger partial charge < -0.3 is 9.64 Å². The van der Waals surface area contributed by atoms with E-state index >= 15 is 0 Å². The van der Waals surface area contributed by atoms with Crippen molar-refractivity contribution in [3.8, 4) is 5.88 Å². The second-order valence-electron chi connectivity index (χ2n) is 6.77. The number of aromatic nitrogens is 2. The number of rotatable bonds is 4. The van der Waals surface area contributed by atoms with E-state index in [1.165, 1.54) is 38.5 Å². The molecule has 2 aromatic rings. The molecule has 2 atom stereocenters. The fourth-order valence-corrected chi connectivity index (χ4v) is 4.21. The maximum absolute atomic E-state index is 14.3. The molecule has 2 aliphatic rings. The van der Waals surface area contributed by atoms with Crippen LogP contribution in [-0.2, 0) is 6.42 Å². The Balaban J connectivity index is 1.55. The zero-order valence-corrected chi connectivity index (χ0v) is 13.5. The summed E-state index contributed by atoms with van der Waals surface area (Å²) in [5.74, 6) is 1.97. The van der Waals surface area contributed by atoms with Gasteiger partial charge >= 0.3 is 0 Å². The molecular weight excluding hydrogens is 293 g/mol. The third kappa shape index (κ3) is 2.78. The second kappa shape index (κ2) is 6.04. The first-order valence-electron chi connectivity index (χ1n) is 8.45. The van der Waals surface area contributed by atoms with Crippen molar-refractivity contribution in [1.29, 1.82) is 0 Å². The van der Waals surface area contributed by atoms with Crippen molar-refractivity contribution < 1.29 is 9.13 Å². The predicted octanol–water partition coefficient (Wildman–Crippen LogP) is 3.05. The van der Waals surface area contributed by atoms with Crippen molar-refractivity contribution in [3.05, 3.63) is 29.7 Å². The normalized spacial score (nSPS) is 24.3. The van der Waals surface area contributed by atoms with Crippen molar-refractivity contribution in [1.82, 2.24) is 14.9 Å². The first-order chi connectivity index (χ1) is 11.2. The van der Waals surface area contributed by atoms with E-state index in [9.17, 15) is 4.39 Å². The molecule has 2 fully saturated rings. The number of fused-ring (bicyclic) bond motifs is 2. The lowest BCUT2D eigenvalue weighted by Crippen LogP contribution is -2.24. The minimum absolute atomic E-state index is 0.266. The Hall–Kier alpha value is -1.75. The first kappa shape index (κ1) is 14.8. The highest BCUT2D eigenvalue weighted by molar-refractivity contribution is 5.78. The lowest BCUT2D eigenvalue weighted by molar-refractivity contribution is 0.314. The Morgan fingerprint density at radius 2 is 2.04 bits per heavy atom. The number of likely N-dealkylation sites (tertiary alicyclic amines) is 1. The smallest absolute Gasteiger partial charge is 0.213 e. The molecule has 23 heavy (non-hydrogen) atoms. The van der Waals surface area contributed by atoms with Gasteiger partial charge in [-0.15, -0.1) is 0 Å². The van der Waals surface area contributed by atoms with Crippen LogP contribution >= 0.6 is 0 Å². The number of methoxy groups -OCH3 is 1. The lowest BCUT2D eigenvalue weighted by Gasteiger charge is -2.17. The summed E-state index contributed by atoms with van der Waals surface area (Å²) >= 11 is 0. The van der Waals surface area contributed by atoms with Gasteiger partial charge in [-0.3, -0.25) is 4.98 Å². The average molecular weight is 315 g/mol. The standard InChI is InChI=1S/C18H22FN3O/c1-23-17-6-5-16-18(21-17)14(15(19)9-20-16)7-8-22-10-12-3-2-4-13(12)11-22/h5-6,9,12-13H,2-4,7-8,10-11H2,1H3. The van der Waals surface area contributed by atoms with Gasteiger partial charge in [0.15, 0.2) is 0 Å². The molecule has 4 rings (SSSR count). The topological polar surface area (TPSA) is 38.2 Å². The van der Waals surface area contributed by atoms with Crippen LogP contribution in [-0.4, -0.2) is 41.6 Å². The summed E-state index contributed by atoms with van der Waals surface area (Å²) in [5, 5.41) is 0. The number of hydrogen-bond donors (Lipinski definition) is 0. The Kier molecular flexibility index (Phi) is 3.89. The van der Waals surface area contributed by atoms with Crippen LogP contribution in [0.5, 0.6) is 5.88 Å². The van der Waals surface area contributed by atoms with Crippen molar-refractivity contribution in [2.75, 3.05) is 26.7 Å². The van der Waals surface area contributed by atoms with Crippen LogP contribution < -0.4 is 4.74 Å². The van der Waals surface area contributed by atoms with Crippen LogP contribution in [0.15, 0.2) is 18.3 Å². The molecule has 0 radical (unpaired) electrons. The third-order valence-corrected chi connectivity index (χ3v) is 5.43. The van der Waals surface area contributed by atoms with Gasteiger partial charge in [-0.25, -0.2) is 9.37 Å². The number of hydrogen-bond acceptors (Lipinski definition) is 4. The molecule has 1 aliphatic carbocycles. The van der Waals surface area contributed by atoms with E-state index in [1.807, 2.05) is 6.07 Å². The summed E-state index contributed by atoms with van der Waals surface area (Å²) in [6.07, 6.45) is 6.10. The number of halogens is 1. The highest BCUT2D eigenvalue weighted by Crippen LogP contribution is 2.37. The minimum Gasteiger partial charge on any atom is -0.481 e. The molecule has 1 saturated heterocycles. The van der Waals surface area contributed by atoms with Crippen molar-refractivity contribution >= 4 is 11.0 Å². The van der Waals surface area contributed by atoms with E-state index in [4.69, 9.17) is 4.74 Å². The maximum Gasteiger partial charge on any atom is 0.213 e. The molecule has 0 amide bonds. The zero-order valence-electron chi connectivity index (χ0n) is 13.5. The Morgan fingerprint density at radius 3 is 2.78 bits per heavy atom. The fourth-order valence-electron chi connectivity index (χ4n) is 4.21. The molecule has 3 heterocycles. The molecule has 0 aromatic carbocycles. The van der Waals surface area contributed by atoms with E-state index < -0.39 is 0 Å². The van der Waals surface area contributed by atoms with Gasteiger partial charge in [0.25, 0.3) is 0 Å². The molecule has 122 valence electrons. The van der Waals surface area contributed by atoms with E-state index in [1.54, 1.807) is 13.2 Å². The van der Waals surface area contributed by atoms with Gasteiger partial charge in [0.1, 0.15) is 5.82 Å². The van der Waals surface area contributed by atoms with Crippen molar-refractivity contribution in [2.45, 2.75) is 25.7 Å². The molecule has 5 heteroatoms. The summed E-state index contributed by atoms with van der Waals surface area (Å²) in [6, 6.07) is 3.60. The molecule has 1 aliphatic heterocycles. The predicted molar refractivity (Wildman–Crippen MR) is 87.0 cm³/mol.